The van der Waals surface area contributed by atoms with E-state index in [9.17, 15) is 18.0 Å². The number of hydrogen-bond acceptors (Lipinski definition) is 7. The van der Waals surface area contributed by atoms with Crippen molar-refractivity contribution in [3.8, 4) is 0 Å². The Hall–Kier alpha value is -0.300. The first-order valence-electron chi connectivity index (χ1n) is 9.97. The lowest BCUT2D eigenvalue weighted by Gasteiger charge is -2.37. The molecule has 3 aliphatic rings. The lowest BCUT2D eigenvalue weighted by Crippen LogP contribution is -2.59. The Morgan fingerprint density at radius 2 is 2.07 bits per heavy atom. The first-order valence-corrected chi connectivity index (χ1v) is 11.3. The topological polar surface area (TPSA) is 80.5 Å². The van der Waals surface area contributed by atoms with Crippen LogP contribution in [0.5, 0.6) is 0 Å². The van der Waals surface area contributed by atoms with Crippen molar-refractivity contribution in [1.82, 2.24) is 31.7 Å². The number of alkyl halides is 4. The summed E-state index contributed by atoms with van der Waals surface area (Å²) in [6.07, 6.45) is -3.23. The Balaban J connectivity index is 1.50. The van der Waals surface area contributed by atoms with Gasteiger partial charge in [-0.1, -0.05) is 6.92 Å². The van der Waals surface area contributed by atoms with Gasteiger partial charge in [0.1, 0.15) is 5.50 Å². The molecule has 12 heteroatoms. The van der Waals surface area contributed by atoms with Gasteiger partial charge in [-0.3, -0.25) is 15.0 Å². The average molecular weight is 459 g/mol. The number of thioether (sulfide) groups is 1. The van der Waals surface area contributed by atoms with Gasteiger partial charge in [0.25, 0.3) is 0 Å². The SMILES string of the molecule is C[C@H](SC1NNCN1C)C1CCNC(NC(=O)C2CC(C(F)(F)F)C(Cl)CN2)C1. The molecule has 0 spiro atoms. The van der Waals surface area contributed by atoms with E-state index < -0.39 is 29.4 Å². The molecule has 3 fully saturated rings. The van der Waals surface area contributed by atoms with E-state index in [0.717, 1.165) is 26.1 Å². The van der Waals surface area contributed by atoms with Gasteiger partial charge in [0, 0.05) is 11.8 Å². The quantitative estimate of drug-likeness (QED) is 0.393. The lowest BCUT2D eigenvalue weighted by molar-refractivity contribution is -0.182. The highest BCUT2D eigenvalue weighted by Gasteiger charge is 2.48. The van der Waals surface area contributed by atoms with Gasteiger partial charge < -0.3 is 10.6 Å². The number of halogens is 4. The zero-order valence-electron chi connectivity index (χ0n) is 16.6. The summed E-state index contributed by atoms with van der Waals surface area (Å²) in [5.41, 5.74) is 6.53. The van der Waals surface area contributed by atoms with E-state index in [1.165, 1.54) is 0 Å². The minimum Gasteiger partial charge on any atom is -0.339 e. The molecule has 0 aromatic carbocycles. The van der Waals surface area contributed by atoms with Crippen LogP contribution in [-0.2, 0) is 4.79 Å². The molecular weight excluding hydrogens is 429 g/mol. The maximum Gasteiger partial charge on any atom is 0.393 e. The van der Waals surface area contributed by atoms with Gasteiger partial charge in [0.05, 0.1) is 30.2 Å². The number of hydrazine groups is 1. The van der Waals surface area contributed by atoms with E-state index in [1.54, 1.807) is 0 Å². The molecule has 29 heavy (non-hydrogen) atoms. The Labute approximate surface area is 178 Å². The third kappa shape index (κ3) is 6.11. The summed E-state index contributed by atoms with van der Waals surface area (Å²) in [5.74, 6) is -1.67. The summed E-state index contributed by atoms with van der Waals surface area (Å²) in [7, 11) is 2.04. The predicted molar refractivity (Wildman–Crippen MR) is 108 cm³/mol. The number of rotatable bonds is 5. The van der Waals surface area contributed by atoms with Gasteiger partial charge in [-0.25, -0.2) is 10.9 Å². The molecule has 168 valence electrons. The number of carbonyl (C=O) groups is 1. The molecule has 0 radical (unpaired) electrons. The van der Waals surface area contributed by atoms with Crippen LogP contribution in [0.1, 0.15) is 26.2 Å². The molecule has 7 nitrogen and oxygen atoms in total. The molecule has 0 bridgehead atoms. The van der Waals surface area contributed by atoms with Crippen LogP contribution >= 0.6 is 23.4 Å². The molecule has 1 amide bonds. The first-order chi connectivity index (χ1) is 13.6. The van der Waals surface area contributed by atoms with E-state index in [2.05, 4.69) is 38.6 Å². The summed E-state index contributed by atoms with van der Waals surface area (Å²) in [6.45, 7) is 3.70. The molecule has 3 aliphatic heterocycles. The van der Waals surface area contributed by atoms with Crippen LogP contribution in [0, 0.1) is 11.8 Å². The highest BCUT2D eigenvalue weighted by atomic mass is 35.5. The van der Waals surface area contributed by atoms with Crippen molar-refractivity contribution in [3.05, 3.63) is 0 Å². The number of amides is 1. The molecule has 6 unspecified atom stereocenters. The van der Waals surface area contributed by atoms with Crippen LogP contribution in [-0.4, -0.2) is 72.1 Å². The molecule has 3 saturated heterocycles. The van der Waals surface area contributed by atoms with E-state index in [0.29, 0.717) is 11.2 Å². The zero-order valence-corrected chi connectivity index (χ0v) is 18.1. The molecule has 0 aromatic heterocycles. The summed E-state index contributed by atoms with van der Waals surface area (Å²) in [6, 6.07) is -0.881. The molecule has 7 atom stereocenters. The highest BCUT2D eigenvalue weighted by Crippen LogP contribution is 2.37. The minimum absolute atomic E-state index is 0.0336. The second-order valence-electron chi connectivity index (χ2n) is 8.09. The van der Waals surface area contributed by atoms with Crippen LogP contribution in [0.25, 0.3) is 0 Å². The van der Waals surface area contributed by atoms with E-state index in [1.807, 2.05) is 18.8 Å². The van der Waals surface area contributed by atoms with Gasteiger partial charge in [-0.05, 0) is 38.8 Å². The number of nitrogens with zero attached hydrogens (tertiary/aromatic N) is 1. The van der Waals surface area contributed by atoms with Gasteiger partial charge >= 0.3 is 6.18 Å². The van der Waals surface area contributed by atoms with Crippen molar-refractivity contribution in [3.63, 3.8) is 0 Å². The molecule has 0 aliphatic carbocycles. The fourth-order valence-electron chi connectivity index (χ4n) is 4.08. The molecule has 0 saturated carbocycles. The van der Waals surface area contributed by atoms with Crippen molar-refractivity contribution in [1.29, 1.82) is 0 Å². The fraction of sp³-hybridized carbons (Fsp3) is 0.941. The summed E-state index contributed by atoms with van der Waals surface area (Å²) < 4.78 is 39.5. The van der Waals surface area contributed by atoms with Crippen LogP contribution in [0.15, 0.2) is 0 Å². The number of hydrogen-bond donors (Lipinski definition) is 5. The summed E-state index contributed by atoms with van der Waals surface area (Å²) in [4.78, 5) is 14.8. The highest BCUT2D eigenvalue weighted by molar-refractivity contribution is 8.00. The lowest BCUT2D eigenvalue weighted by atomic mass is 9.90. The predicted octanol–water partition coefficient (Wildman–Crippen LogP) is 0.979. The van der Waals surface area contributed by atoms with Crippen molar-refractivity contribution >= 4 is 29.3 Å². The third-order valence-corrected chi connectivity index (χ3v) is 7.95. The van der Waals surface area contributed by atoms with E-state index in [-0.39, 0.29) is 24.6 Å². The Kier molecular flexibility index (Phi) is 7.96. The van der Waals surface area contributed by atoms with Crippen molar-refractivity contribution < 1.29 is 18.0 Å². The standard InChI is InChI=1S/C17H30ClF3N6OS/c1-9(29-16-26-24-8-27(16)2)10-3-4-22-14(5-10)25-15(28)13-6-11(17(19,20)21)12(18)7-23-13/h9-14,16,22-24,26H,3-8H2,1-2H3,(H,25,28)/t9-,10?,11?,12?,13?,14?,16?/m0/s1. The number of nitrogens with one attached hydrogen (secondary N) is 5. The smallest absolute Gasteiger partial charge is 0.339 e. The Morgan fingerprint density at radius 3 is 2.72 bits per heavy atom. The second-order valence-corrected chi connectivity index (χ2v) is 10.1. The molecule has 5 N–H and O–H groups in total. The maximum absolute atomic E-state index is 13.2. The van der Waals surface area contributed by atoms with Crippen LogP contribution in [0.4, 0.5) is 13.2 Å². The minimum atomic E-state index is -4.40. The van der Waals surface area contributed by atoms with E-state index >= 15 is 0 Å². The van der Waals surface area contributed by atoms with Crippen molar-refractivity contribution in [2.24, 2.45) is 11.8 Å². The van der Waals surface area contributed by atoms with Crippen molar-refractivity contribution in [2.45, 2.75) is 60.7 Å². The monoisotopic (exact) mass is 458 g/mol. The van der Waals surface area contributed by atoms with Gasteiger partial charge in [0.2, 0.25) is 5.91 Å². The van der Waals surface area contributed by atoms with Crippen molar-refractivity contribution in [2.75, 3.05) is 26.8 Å². The number of carbonyl (C=O) groups excluding carboxylic acids is 1. The maximum atomic E-state index is 13.2. The molecule has 0 aromatic rings. The molecule has 3 heterocycles. The first kappa shape index (κ1) is 23.4. The van der Waals surface area contributed by atoms with Gasteiger partial charge in [-0.2, -0.15) is 13.2 Å². The number of piperidine rings is 2. The zero-order chi connectivity index (χ0) is 21.2. The summed E-state index contributed by atoms with van der Waals surface area (Å²) in [5, 5.41) is 8.33. The Morgan fingerprint density at radius 1 is 1.31 bits per heavy atom. The third-order valence-electron chi connectivity index (χ3n) is 5.94. The summed E-state index contributed by atoms with van der Waals surface area (Å²) >= 11 is 7.66. The second kappa shape index (κ2) is 9.88. The average Bonchev–Trinajstić information content (AvgIpc) is 3.06. The largest absolute Gasteiger partial charge is 0.393 e. The molecule has 3 rings (SSSR count). The van der Waals surface area contributed by atoms with Crippen LogP contribution < -0.4 is 26.8 Å². The Bertz CT molecular complexity index is 574. The van der Waals surface area contributed by atoms with Crippen LogP contribution in [0.3, 0.4) is 0 Å². The normalized spacial score (nSPS) is 38.0. The van der Waals surface area contributed by atoms with Gasteiger partial charge in [0.15, 0.2) is 0 Å². The fourth-order valence-corrected chi connectivity index (χ4v) is 5.72. The van der Waals surface area contributed by atoms with E-state index in [4.69, 9.17) is 11.6 Å². The molecular formula is C17H30ClF3N6OS. The van der Waals surface area contributed by atoms with Crippen LogP contribution in [0.2, 0.25) is 0 Å². The van der Waals surface area contributed by atoms with Gasteiger partial charge in [-0.15, -0.1) is 23.4 Å².